The summed E-state index contributed by atoms with van der Waals surface area (Å²) in [5.41, 5.74) is 5.66. The third kappa shape index (κ3) is 2.52. The lowest BCUT2D eigenvalue weighted by atomic mass is 10.0. The molecule has 0 bridgehead atoms. The number of phenols is 1. The number of hydrogen-bond donors (Lipinski definition) is 2. The largest absolute Gasteiger partial charge is 0.508 e. The second-order valence-electron chi connectivity index (χ2n) is 4.20. The molecule has 3 rings (SSSR count). The van der Waals surface area contributed by atoms with Gasteiger partial charge in [-0.1, -0.05) is 29.8 Å². The van der Waals surface area contributed by atoms with E-state index >= 15 is 0 Å². The zero-order valence-corrected chi connectivity index (χ0v) is 11.5. The molecule has 0 unspecified atom stereocenters. The molecule has 0 amide bonds. The Morgan fingerprint density at radius 2 is 2.05 bits per heavy atom. The van der Waals surface area contributed by atoms with E-state index in [1.807, 2.05) is 36.4 Å². The smallest absolute Gasteiger partial charge is 0.121 e. The van der Waals surface area contributed by atoms with Crippen molar-refractivity contribution in [2.24, 2.45) is 0 Å². The molecule has 1 heterocycles. The molecule has 0 radical (unpaired) electrons. The minimum absolute atomic E-state index is 0.00935. The van der Waals surface area contributed by atoms with Crippen molar-refractivity contribution in [3.05, 3.63) is 58.6 Å². The van der Waals surface area contributed by atoms with Crippen molar-refractivity contribution < 1.29 is 9.94 Å². The molecule has 3 nitrogen and oxygen atoms in total. The summed E-state index contributed by atoms with van der Waals surface area (Å²) < 4.78 is 0. The molecule has 5 heteroatoms. The SMILES string of the molecule is Oc1ccccc1[C@H]1SCONc2ccc(Cl)cc21. The van der Waals surface area contributed by atoms with Crippen LogP contribution in [0.25, 0.3) is 0 Å². The first-order chi connectivity index (χ1) is 9.25. The topological polar surface area (TPSA) is 41.5 Å². The van der Waals surface area contributed by atoms with Gasteiger partial charge in [0.15, 0.2) is 0 Å². The van der Waals surface area contributed by atoms with E-state index in [4.69, 9.17) is 16.4 Å². The maximum atomic E-state index is 10.0. The molecule has 2 aromatic carbocycles. The van der Waals surface area contributed by atoms with Gasteiger partial charge in [-0.2, -0.15) is 0 Å². The highest BCUT2D eigenvalue weighted by Gasteiger charge is 2.23. The molecular formula is C14H12ClNO2S. The van der Waals surface area contributed by atoms with Gasteiger partial charge in [-0.25, -0.2) is 0 Å². The number of hydrogen-bond acceptors (Lipinski definition) is 4. The monoisotopic (exact) mass is 293 g/mol. The minimum atomic E-state index is -0.00935. The number of aromatic hydroxyl groups is 1. The number of benzene rings is 2. The van der Waals surface area contributed by atoms with Gasteiger partial charge in [-0.15, -0.1) is 11.8 Å². The molecule has 1 aliphatic heterocycles. The van der Waals surface area contributed by atoms with Gasteiger partial charge in [0.1, 0.15) is 11.7 Å². The predicted molar refractivity (Wildman–Crippen MR) is 78.6 cm³/mol. The fourth-order valence-electron chi connectivity index (χ4n) is 2.11. The lowest BCUT2D eigenvalue weighted by Crippen LogP contribution is -2.00. The van der Waals surface area contributed by atoms with E-state index in [2.05, 4.69) is 5.48 Å². The van der Waals surface area contributed by atoms with Crippen molar-refractivity contribution in [2.45, 2.75) is 5.25 Å². The predicted octanol–water partition coefficient (Wildman–Crippen LogP) is 4.18. The van der Waals surface area contributed by atoms with Crippen LogP contribution in [0.2, 0.25) is 5.02 Å². The molecule has 2 N–H and O–H groups in total. The van der Waals surface area contributed by atoms with Crippen LogP contribution in [0.4, 0.5) is 5.69 Å². The lowest BCUT2D eigenvalue weighted by Gasteiger charge is -2.17. The third-order valence-electron chi connectivity index (χ3n) is 2.99. The second-order valence-corrected chi connectivity index (χ2v) is 5.68. The first-order valence-electron chi connectivity index (χ1n) is 5.82. The summed E-state index contributed by atoms with van der Waals surface area (Å²) in [5.74, 6) is 0.776. The zero-order valence-electron chi connectivity index (χ0n) is 9.97. The Morgan fingerprint density at radius 1 is 1.21 bits per heavy atom. The van der Waals surface area contributed by atoms with Crippen LogP contribution in [0.3, 0.4) is 0 Å². The molecule has 0 aliphatic carbocycles. The molecule has 0 saturated carbocycles. The number of nitrogens with one attached hydrogen (secondary N) is 1. The Labute approximate surface area is 120 Å². The van der Waals surface area contributed by atoms with Gasteiger partial charge in [-0.05, 0) is 29.8 Å². The van der Waals surface area contributed by atoms with E-state index in [1.165, 1.54) is 0 Å². The fourth-order valence-corrected chi connectivity index (χ4v) is 3.31. The summed E-state index contributed by atoms with van der Waals surface area (Å²) >= 11 is 7.68. The first-order valence-corrected chi connectivity index (χ1v) is 7.25. The van der Waals surface area contributed by atoms with Crippen LogP contribution in [-0.4, -0.2) is 11.0 Å². The summed E-state index contributed by atoms with van der Waals surface area (Å²) in [6.07, 6.45) is 0. The van der Waals surface area contributed by atoms with Crippen LogP contribution in [0, 0.1) is 0 Å². The fraction of sp³-hybridized carbons (Fsp3) is 0.143. The number of anilines is 1. The Morgan fingerprint density at radius 3 is 2.89 bits per heavy atom. The van der Waals surface area contributed by atoms with Gasteiger partial charge in [0.2, 0.25) is 0 Å². The highest BCUT2D eigenvalue weighted by Crippen LogP contribution is 2.44. The van der Waals surface area contributed by atoms with E-state index in [1.54, 1.807) is 17.8 Å². The standard InChI is InChI=1S/C14H12ClNO2S/c15-9-5-6-12-11(7-9)14(19-8-18-16-12)10-3-1-2-4-13(10)17/h1-7,14,16-17H,8H2/t14-/m1/s1. The quantitative estimate of drug-likeness (QED) is 0.827. The number of rotatable bonds is 1. The maximum absolute atomic E-state index is 10.0. The number of phenolic OH excluding ortho intramolecular Hbond substituents is 1. The highest BCUT2D eigenvalue weighted by atomic mass is 35.5. The molecule has 1 atom stereocenters. The van der Waals surface area contributed by atoms with E-state index in [9.17, 15) is 5.11 Å². The summed E-state index contributed by atoms with van der Waals surface area (Å²) in [6, 6.07) is 12.9. The van der Waals surface area contributed by atoms with Crippen molar-refractivity contribution in [1.29, 1.82) is 0 Å². The van der Waals surface area contributed by atoms with Gasteiger partial charge in [0.25, 0.3) is 0 Å². The third-order valence-corrected chi connectivity index (χ3v) is 4.32. The van der Waals surface area contributed by atoms with Gasteiger partial charge in [0, 0.05) is 10.6 Å². The summed E-state index contributed by atoms with van der Waals surface area (Å²) in [7, 11) is 0. The molecule has 0 fully saturated rings. The minimum Gasteiger partial charge on any atom is -0.508 e. The Kier molecular flexibility index (Phi) is 3.55. The van der Waals surface area contributed by atoms with Crippen molar-refractivity contribution in [3.8, 4) is 5.75 Å². The number of para-hydroxylation sites is 1. The Bertz CT molecular complexity index is 606. The van der Waals surface area contributed by atoms with E-state index in [-0.39, 0.29) is 11.0 Å². The van der Waals surface area contributed by atoms with Crippen molar-refractivity contribution >= 4 is 29.1 Å². The van der Waals surface area contributed by atoms with Crippen LogP contribution in [0.5, 0.6) is 5.75 Å². The van der Waals surface area contributed by atoms with Crippen LogP contribution in [-0.2, 0) is 4.84 Å². The molecule has 0 saturated heterocycles. The van der Waals surface area contributed by atoms with Gasteiger partial charge < -0.3 is 5.11 Å². The number of halogens is 1. The summed E-state index contributed by atoms with van der Waals surface area (Å²) in [5, 5.41) is 10.7. The number of fused-ring (bicyclic) bond motifs is 1. The van der Waals surface area contributed by atoms with Crippen LogP contribution in [0.15, 0.2) is 42.5 Å². The first kappa shape index (κ1) is 12.7. The normalized spacial score (nSPS) is 18.3. The second kappa shape index (κ2) is 5.33. The molecular weight excluding hydrogens is 282 g/mol. The van der Waals surface area contributed by atoms with E-state index in [0.717, 1.165) is 16.8 Å². The highest BCUT2D eigenvalue weighted by molar-refractivity contribution is 7.99. The summed E-state index contributed by atoms with van der Waals surface area (Å²) in [4.78, 5) is 5.34. The average molecular weight is 294 g/mol. The van der Waals surface area contributed by atoms with E-state index < -0.39 is 0 Å². The maximum Gasteiger partial charge on any atom is 0.121 e. The van der Waals surface area contributed by atoms with Gasteiger partial charge in [-0.3, -0.25) is 10.3 Å². The Hall–Kier alpha value is -1.36. The van der Waals surface area contributed by atoms with Crippen molar-refractivity contribution in [1.82, 2.24) is 0 Å². The zero-order chi connectivity index (χ0) is 13.2. The lowest BCUT2D eigenvalue weighted by molar-refractivity contribution is 0.254. The average Bonchev–Trinajstić information content (AvgIpc) is 2.61. The van der Waals surface area contributed by atoms with Crippen LogP contribution < -0.4 is 5.48 Å². The molecule has 0 aromatic heterocycles. The van der Waals surface area contributed by atoms with Crippen molar-refractivity contribution in [2.75, 3.05) is 11.4 Å². The molecule has 2 aromatic rings. The van der Waals surface area contributed by atoms with E-state index in [0.29, 0.717) is 11.0 Å². The van der Waals surface area contributed by atoms with Crippen LogP contribution in [0.1, 0.15) is 16.4 Å². The molecule has 0 spiro atoms. The number of thioether (sulfide) groups is 1. The Balaban J connectivity index is 2.12. The van der Waals surface area contributed by atoms with Crippen molar-refractivity contribution in [3.63, 3.8) is 0 Å². The molecule has 1 aliphatic rings. The molecule has 19 heavy (non-hydrogen) atoms. The van der Waals surface area contributed by atoms with Crippen LogP contribution >= 0.6 is 23.4 Å². The van der Waals surface area contributed by atoms with Gasteiger partial charge in [0.05, 0.1) is 10.9 Å². The summed E-state index contributed by atoms with van der Waals surface area (Å²) in [6.45, 7) is 0. The van der Waals surface area contributed by atoms with Gasteiger partial charge >= 0.3 is 0 Å². The molecule has 98 valence electrons.